The molecule has 1 heterocycles. The van der Waals surface area contributed by atoms with Gasteiger partial charge in [-0.3, -0.25) is 4.79 Å². The first-order valence-electron chi connectivity index (χ1n) is 6.96. The first kappa shape index (κ1) is 21.4. The fourth-order valence-electron chi connectivity index (χ4n) is 1.91. The van der Waals surface area contributed by atoms with E-state index in [9.17, 15) is 18.0 Å². The fourth-order valence-corrected chi connectivity index (χ4v) is 2.76. The van der Waals surface area contributed by atoms with Gasteiger partial charge in [0.2, 0.25) is 5.91 Å². The van der Waals surface area contributed by atoms with Gasteiger partial charge in [0.15, 0.2) is 5.13 Å². The fraction of sp³-hybridized carbons (Fsp3) is 0.333. The van der Waals surface area contributed by atoms with E-state index in [0.717, 1.165) is 22.6 Å². The molecule has 1 unspecified atom stereocenters. The number of anilines is 1. The molecule has 0 saturated heterocycles. The highest BCUT2D eigenvalue weighted by atomic mass is 35.5. The topological polar surface area (TPSA) is 77.2 Å². The largest absolute Gasteiger partial charge is 0.416 e. The number of nitrogens with two attached hydrogens (primary N) is 1. The smallest absolute Gasteiger partial charge is 0.383 e. The Labute approximate surface area is 152 Å². The number of thiazole rings is 1. The van der Waals surface area contributed by atoms with Gasteiger partial charge in [-0.1, -0.05) is 12.1 Å². The number of nitrogens with one attached hydrogen (secondary N) is 1. The van der Waals surface area contributed by atoms with Crippen LogP contribution in [0.25, 0.3) is 0 Å². The maximum absolute atomic E-state index is 12.5. The number of hydrogen-bond donors (Lipinski definition) is 2. The molecule has 5 nitrogen and oxygen atoms in total. The molecule has 0 aliphatic carbocycles. The van der Waals surface area contributed by atoms with E-state index in [-0.39, 0.29) is 19.0 Å². The molecule has 2 aromatic rings. The molecule has 1 aromatic carbocycles. The molecule has 0 fully saturated rings. The van der Waals surface area contributed by atoms with Crippen molar-refractivity contribution in [2.24, 2.45) is 5.73 Å². The average Bonchev–Trinajstić information content (AvgIpc) is 2.94. The third kappa shape index (κ3) is 6.28. The summed E-state index contributed by atoms with van der Waals surface area (Å²) in [5, 5.41) is 2.96. The second kappa shape index (κ2) is 9.14. The van der Waals surface area contributed by atoms with Gasteiger partial charge in [-0.05, 0) is 17.7 Å². The van der Waals surface area contributed by atoms with E-state index in [2.05, 4.69) is 10.3 Å². The molecule has 10 heteroatoms. The maximum atomic E-state index is 12.5. The van der Waals surface area contributed by atoms with E-state index in [1.54, 1.807) is 6.20 Å². The van der Waals surface area contributed by atoms with E-state index in [1.165, 1.54) is 30.6 Å². The summed E-state index contributed by atoms with van der Waals surface area (Å²) < 4.78 is 42.4. The number of methoxy groups -OCH3 is 1. The molecule has 0 aliphatic heterocycles. The average molecular weight is 396 g/mol. The third-order valence-electron chi connectivity index (χ3n) is 3.13. The summed E-state index contributed by atoms with van der Waals surface area (Å²) in [5.41, 5.74) is 5.64. The summed E-state index contributed by atoms with van der Waals surface area (Å²) in [7, 11) is 1.44. The third-order valence-corrected chi connectivity index (χ3v) is 4.04. The predicted octanol–water partition coefficient (Wildman–Crippen LogP) is 3.09. The summed E-state index contributed by atoms with van der Waals surface area (Å²) in [6, 6.07) is 4.15. The van der Waals surface area contributed by atoms with Crippen LogP contribution in [-0.4, -0.2) is 30.6 Å². The van der Waals surface area contributed by atoms with Crippen LogP contribution in [0.4, 0.5) is 18.3 Å². The Hall–Kier alpha value is -1.68. The lowest BCUT2D eigenvalue weighted by Crippen LogP contribution is -2.39. The molecule has 3 N–H and O–H groups in total. The first-order valence-corrected chi connectivity index (χ1v) is 7.77. The van der Waals surface area contributed by atoms with Gasteiger partial charge in [0.1, 0.15) is 6.04 Å². The molecule has 25 heavy (non-hydrogen) atoms. The molecular weight excluding hydrogens is 379 g/mol. The number of rotatable bonds is 6. The predicted molar refractivity (Wildman–Crippen MR) is 92.1 cm³/mol. The Morgan fingerprint density at radius 2 is 2.00 bits per heavy atom. The van der Waals surface area contributed by atoms with Crippen molar-refractivity contribution in [3.05, 3.63) is 46.5 Å². The van der Waals surface area contributed by atoms with Crippen molar-refractivity contribution >= 4 is 34.8 Å². The summed E-state index contributed by atoms with van der Waals surface area (Å²) in [5.74, 6) is -0.410. The minimum atomic E-state index is -4.35. The molecule has 0 spiro atoms. The standard InChI is InChI=1S/C15H16F3N3O2S.ClH/c1-23-8-12(19)13(22)21-14-20-7-11(24-14)6-9-2-4-10(5-3-9)15(16,17)18;/h2-5,7,12H,6,8,19H2,1H3,(H,20,21,22);1H. The molecule has 138 valence electrons. The maximum Gasteiger partial charge on any atom is 0.416 e. The normalized spacial score (nSPS) is 12.4. The van der Waals surface area contributed by atoms with Crippen LogP contribution in [0.1, 0.15) is 16.0 Å². The zero-order valence-corrected chi connectivity index (χ0v) is 14.8. The number of aromatic nitrogens is 1. The number of carbonyl (C=O) groups is 1. The Morgan fingerprint density at radius 3 is 2.56 bits per heavy atom. The molecule has 0 aliphatic rings. The summed E-state index contributed by atoms with van der Waals surface area (Å²) in [6.07, 6.45) is -2.35. The molecule has 0 bridgehead atoms. The van der Waals surface area contributed by atoms with Crippen molar-refractivity contribution in [2.75, 3.05) is 19.0 Å². The second-order valence-corrected chi connectivity index (χ2v) is 6.17. The highest BCUT2D eigenvalue weighted by Crippen LogP contribution is 2.29. The molecule has 0 radical (unpaired) electrons. The van der Waals surface area contributed by atoms with Crippen molar-refractivity contribution in [3.8, 4) is 0 Å². The summed E-state index contributed by atoms with van der Waals surface area (Å²) >= 11 is 1.24. The molecule has 1 amide bonds. The van der Waals surface area contributed by atoms with Crippen LogP contribution in [-0.2, 0) is 22.1 Å². The lowest BCUT2D eigenvalue weighted by molar-refractivity contribution is -0.137. The van der Waals surface area contributed by atoms with E-state index in [0.29, 0.717) is 11.6 Å². The number of halogens is 4. The van der Waals surface area contributed by atoms with Crippen molar-refractivity contribution < 1.29 is 22.7 Å². The minimum Gasteiger partial charge on any atom is -0.383 e. The zero-order valence-electron chi connectivity index (χ0n) is 13.2. The van der Waals surface area contributed by atoms with Crippen LogP contribution in [0.15, 0.2) is 30.5 Å². The molecule has 2 rings (SSSR count). The van der Waals surface area contributed by atoms with Gasteiger partial charge >= 0.3 is 6.18 Å². The van der Waals surface area contributed by atoms with E-state index in [4.69, 9.17) is 10.5 Å². The van der Waals surface area contributed by atoms with Crippen LogP contribution in [0.5, 0.6) is 0 Å². The van der Waals surface area contributed by atoms with Crippen molar-refractivity contribution in [1.82, 2.24) is 4.98 Å². The summed E-state index contributed by atoms with van der Waals surface area (Å²) in [6.45, 7) is 0.0929. The van der Waals surface area contributed by atoms with E-state index >= 15 is 0 Å². The van der Waals surface area contributed by atoms with Gasteiger partial charge in [0, 0.05) is 24.6 Å². The minimum absolute atomic E-state index is 0. The molecule has 0 saturated carbocycles. The number of alkyl halides is 3. The Kier molecular flexibility index (Phi) is 7.81. The Morgan fingerprint density at radius 1 is 1.36 bits per heavy atom. The van der Waals surface area contributed by atoms with Gasteiger partial charge < -0.3 is 15.8 Å². The van der Waals surface area contributed by atoms with Crippen molar-refractivity contribution in [1.29, 1.82) is 0 Å². The number of ether oxygens (including phenoxy) is 1. The van der Waals surface area contributed by atoms with E-state index in [1.807, 2.05) is 0 Å². The lowest BCUT2D eigenvalue weighted by Gasteiger charge is -2.08. The number of amides is 1. The van der Waals surface area contributed by atoms with Crippen LogP contribution in [0.3, 0.4) is 0 Å². The number of hydrogen-bond acceptors (Lipinski definition) is 5. The first-order chi connectivity index (χ1) is 11.3. The highest BCUT2D eigenvalue weighted by molar-refractivity contribution is 7.15. The Bertz CT molecular complexity index is 692. The highest BCUT2D eigenvalue weighted by Gasteiger charge is 2.29. The molecule has 1 aromatic heterocycles. The second-order valence-electron chi connectivity index (χ2n) is 5.05. The Balaban J connectivity index is 0.00000312. The van der Waals surface area contributed by atoms with Crippen LogP contribution in [0, 0.1) is 0 Å². The number of nitrogens with zero attached hydrogens (tertiary/aromatic N) is 1. The number of benzene rings is 1. The van der Waals surface area contributed by atoms with Gasteiger partial charge in [0.05, 0.1) is 12.2 Å². The van der Waals surface area contributed by atoms with Crippen LogP contribution in [0.2, 0.25) is 0 Å². The quantitative estimate of drug-likeness (QED) is 0.788. The monoisotopic (exact) mass is 395 g/mol. The van der Waals surface area contributed by atoms with Gasteiger partial charge in [-0.15, -0.1) is 23.7 Å². The lowest BCUT2D eigenvalue weighted by atomic mass is 10.1. The van der Waals surface area contributed by atoms with Gasteiger partial charge in [0.25, 0.3) is 0 Å². The van der Waals surface area contributed by atoms with Crippen molar-refractivity contribution in [3.63, 3.8) is 0 Å². The zero-order chi connectivity index (χ0) is 17.7. The van der Waals surface area contributed by atoms with Gasteiger partial charge in [-0.25, -0.2) is 4.98 Å². The van der Waals surface area contributed by atoms with Crippen molar-refractivity contribution in [2.45, 2.75) is 18.6 Å². The number of carbonyl (C=O) groups excluding carboxylic acids is 1. The SMILES string of the molecule is COCC(N)C(=O)Nc1ncc(Cc2ccc(C(F)(F)F)cc2)s1.Cl. The van der Waals surface area contributed by atoms with E-state index < -0.39 is 23.7 Å². The van der Waals surface area contributed by atoms with Gasteiger partial charge in [-0.2, -0.15) is 13.2 Å². The molecular formula is C15H17ClF3N3O2S. The van der Waals surface area contributed by atoms with Crippen LogP contribution < -0.4 is 11.1 Å². The summed E-state index contributed by atoms with van der Waals surface area (Å²) in [4.78, 5) is 16.6. The van der Waals surface area contributed by atoms with Crippen LogP contribution >= 0.6 is 23.7 Å². The molecule has 1 atom stereocenters.